The smallest absolute Gasteiger partial charge is 0.250 e. The third-order valence-corrected chi connectivity index (χ3v) is 3.92. The zero-order chi connectivity index (χ0) is 13.8. The lowest BCUT2D eigenvalue weighted by Crippen LogP contribution is -2.48. The number of amides is 1. The molecular formula is C14H28N2O2. The van der Waals surface area contributed by atoms with Crippen LogP contribution in [0.25, 0.3) is 0 Å². The molecule has 1 fully saturated rings. The minimum atomic E-state index is -1.09. The second-order valence-corrected chi connectivity index (χ2v) is 6.47. The Morgan fingerprint density at radius 3 is 2.44 bits per heavy atom. The van der Waals surface area contributed by atoms with Gasteiger partial charge in [0.25, 0.3) is 0 Å². The molecule has 1 aliphatic carbocycles. The molecule has 1 amide bonds. The number of hydrogen-bond acceptors (Lipinski definition) is 3. The van der Waals surface area contributed by atoms with E-state index in [-0.39, 0.29) is 11.3 Å². The predicted molar refractivity (Wildman–Crippen MR) is 73.0 cm³/mol. The molecule has 4 heteroatoms. The van der Waals surface area contributed by atoms with E-state index in [9.17, 15) is 9.90 Å². The van der Waals surface area contributed by atoms with Crippen molar-refractivity contribution in [3.63, 3.8) is 0 Å². The topological polar surface area (TPSA) is 75.3 Å². The van der Waals surface area contributed by atoms with Gasteiger partial charge in [-0.05, 0) is 30.6 Å². The fourth-order valence-corrected chi connectivity index (χ4v) is 2.68. The highest BCUT2D eigenvalue weighted by Crippen LogP contribution is 2.36. The second kappa shape index (κ2) is 6.53. The molecule has 1 unspecified atom stereocenters. The van der Waals surface area contributed by atoms with Crippen molar-refractivity contribution in [2.24, 2.45) is 17.1 Å². The van der Waals surface area contributed by atoms with Crippen LogP contribution in [0.5, 0.6) is 0 Å². The summed E-state index contributed by atoms with van der Waals surface area (Å²) in [5.74, 6) is 0.0612. The Bertz CT molecular complexity index is 273. The third-order valence-electron chi connectivity index (χ3n) is 3.92. The Morgan fingerprint density at radius 1 is 1.39 bits per heavy atom. The van der Waals surface area contributed by atoms with Crippen LogP contribution in [0.3, 0.4) is 0 Å². The standard InChI is InChI=1S/C14H28N2O2/c1-10(2)8-11(15)12(17)13(18)16-9-14(3)6-4-5-7-14/h10-12,17H,4-9,15H2,1-3H3,(H,16,18)/t11-,12?/m0/s1. The van der Waals surface area contributed by atoms with Crippen LogP contribution >= 0.6 is 0 Å². The van der Waals surface area contributed by atoms with Crippen molar-refractivity contribution in [1.29, 1.82) is 0 Å². The van der Waals surface area contributed by atoms with E-state index in [4.69, 9.17) is 5.73 Å². The molecule has 18 heavy (non-hydrogen) atoms. The average Bonchev–Trinajstić information content (AvgIpc) is 2.71. The number of aliphatic hydroxyl groups excluding tert-OH is 1. The maximum absolute atomic E-state index is 11.8. The predicted octanol–water partition coefficient (Wildman–Crippen LogP) is 1.42. The van der Waals surface area contributed by atoms with E-state index >= 15 is 0 Å². The maximum atomic E-state index is 11.8. The molecule has 1 aliphatic rings. The summed E-state index contributed by atoms with van der Waals surface area (Å²) in [5.41, 5.74) is 6.03. The van der Waals surface area contributed by atoms with E-state index in [1.807, 2.05) is 13.8 Å². The number of nitrogens with one attached hydrogen (secondary N) is 1. The molecule has 0 aromatic carbocycles. The van der Waals surface area contributed by atoms with Gasteiger partial charge in [-0.15, -0.1) is 0 Å². The van der Waals surface area contributed by atoms with Gasteiger partial charge in [0.05, 0.1) is 0 Å². The van der Waals surface area contributed by atoms with Crippen molar-refractivity contribution >= 4 is 5.91 Å². The zero-order valence-electron chi connectivity index (χ0n) is 11.9. The lowest BCUT2D eigenvalue weighted by molar-refractivity contribution is -0.131. The van der Waals surface area contributed by atoms with E-state index in [1.54, 1.807) is 0 Å². The molecule has 1 saturated carbocycles. The van der Waals surface area contributed by atoms with Crippen LogP contribution in [0.2, 0.25) is 0 Å². The molecule has 4 nitrogen and oxygen atoms in total. The van der Waals surface area contributed by atoms with Gasteiger partial charge in [-0.1, -0.05) is 33.6 Å². The normalized spacial score (nSPS) is 21.9. The largest absolute Gasteiger partial charge is 0.382 e. The summed E-state index contributed by atoms with van der Waals surface area (Å²) in [6, 6.07) is -0.471. The Labute approximate surface area is 110 Å². The number of aliphatic hydroxyl groups is 1. The third kappa shape index (κ3) is 4.58. The Morgan fingerprint density at radius 2 is 1.94 bits per heavy atom. The number of nitrogens with two attached hydrogens (primary N) is 1. The van der Waals surface area contributed by atoms with Crippen LogP contribution in [0.1, 0.15) is 52.9 Å². The molecule has 0 heterocycles. The van der Waals surface area contributed by atoms with Gasteiger partial charge in [0.2, 0.25) is 5.91 Å². The van der Waals surface area contributed by atoms with Gasteiger partial charge in [0, 0.05) is 12.6 Å². The van der Waals surface area contributed by atoms with Gasteiger partial charge < -0.3 is 16.2 Å². The van der Waals surface area contributed by atoms with E-state index in [0.29, 0.717) is 18.9 Å². The average molecular weight is 256 g/mol. The maximum Gasteiger partial charge on any atom is 0.250 e. The van der Waals surface area contributed by atoms with Gasteiger partial charge in [0.15, 0.2) is 0 Å². The van der Waals surface area contributed by atoms with Crippen LogP contribution in [0.15, 0.2) is 0 Å². The summed E-state index contributed by atoms with van der Waals surface area (Å²) >= 11 is 0. The van der Waals surface area contributed by atoms with Crippen LogP contribution in [-0.2, 0) is 4.79 Å². The second-order valence-electron chi connectivity index (χ2n) is 6.47. The van der Waals surface area contributed by atoms with Crippen molar-refractivity contribution < 1.29 is 9.90 Å². The highest BCUT2D eigenvalue weighted by Gasteiger charge is 2.30. The van der Waals surface area contributed by atoms with Crippen molar-refractivity contribution in [3.05, 3.63) is 0 Å². The van der Waals surface area contributed by atoms with Crippen molar-refractivity contribution in [2.45, 2.75) is 65.0 Å². The highest BCUT2D eigenvalue weighted by atomic mass is 16.3. The Hall–Kier alpha value is -0.610. The summed E-state index contributed by atoms with van der Waals surface area (Å²) < 4.78 is 0. The van der Waals surface area contributed by atoms with Gasteiger partial charge in [-0.25, -0.2) is 0 Å². The molecule has 0 radical (unpaired) electrons. The SMILES string of the molecule is CC(C)C[C@H](N)C(O)C(=O)NCC1(C)CCCC1. The number of rotatable bonds is 6. The molecule has 106 valence electrons. The van der Waals surface area contributed by atoms with Gasteiger partial charge in [-0.3, -0.25) is 4.79 Å². The minimum absolute atomic E-state index is 0.206. The monoisotopic (exact) mass is 256 g/mol. The highest BCUT2D eigenvalue weighted by molar-refractivity contribution is 5.81. The number of carbonyl (C=O) groups excluding carboxylic acids is 1. The Balaban J connectivity index is 2.35. The van der Waals surface area contributed by atoms with Crippen LogP contribution in [-0.4, -0.2) is 29.7 Å². The molecule has 0 spiro atoms. The summed E-state index contributed by atoms with van der Waals surface area (Å²) in [7, 11) is 0. The molecule has 0 aliphatic heterocycles. The minimum Gasteiger partial charge on any atom is -0.382 e. The van der Waals surface area contributed by atoms with Gasteiger partial charge in [-0.2, -0.15) is 0 Å². The summed E-state index contributed by atoms with van der Waals surface area (Å²) in [6.07, 6.45) is 4.36. The molecule has 0 saturated heterocycles. The van der Waals surface area contributed by atoms with E-state index in [0.717, 1.165) is 12.8 Å². The van der Waals surface area contributed by atoms with E-state index < -0.39 is 12.1 Å². The van der Waals surface area contributed by atoms with E-state index in [1.165, 1.54) is 12.8 Å². The first-order chi connectivity index (χ1) is 8.34. The quantitative estimate of drug-likeness (QED) is 0.672. The zero-order valence-corrected chi connectivity index (χ0v) is 11.9. The van der Waals surface area contributed by atoms with Crippen molar-refractivity contribution in [3.8, 4) is 0 Å². The lowest BCUT2D eigenvalue weighted by Gasteiger charge is -2.26. The number of hydrogen-bond donors (Lipinski definition) is 3. The van der Waals surface area contributed by atoms with Gasteiger partial charge >= 0.3 is 0 Å². The first-order valence-corrected chi connectivity index (χ1v) is 7.05. The molecular weight excluding hydrogens is 228 g/mol. The summed E-state index contributed by atoms with van der Waals surface area (Å²) in [5, 5.41) is 12.7. The lowest BCUT2D eigenvalue weighted by atomic mass is 9.89. The van der Waals surface area contributed by atoms with Crippen molar-refractivity contribution in [2.75, 3.05) is 6.54 Å². The fourth-order valence-electron chi connectivity index (χ4n) is 2.68. The molecule has 0 bridgehead atoms. The first-order valence-electron chi connectivity index (χ1n) is 7.05. The Kier molecular flexibility index (Phi) is 5.60. The fraction of sp³-hybridized carbons (Fsp3) is 0.929. The molecule has 0 aromatic rings. The van der Waals surface area contributed by atoms with Gasteiger partial charge in [0.1, 0.15) is 6.10 Å². The van der Waals surface area contributed by atoms with Crippen LogP contribution < -0.4 is 11.1 Å². The van der Waals surface area contributed by atoms with Crippen LogP contribution in [0.4, 0.5) is 0 Å². The molecule has 4 N–H and O–H groups in total. The molecule has 0 aromatic heterocycles. The summed E-state index contributed by atoms with van der Waals surface area (Å²) in [4.78, 5) is 11.8. The first kappa shape index (κ1) is 15.4. The van der Waals surface area contributed by atoms with Crippen LogP contribution in [0, 0.1) is 11.3 Å². The van der Waals surface area contributed by atoms with Crippen molar-refractivity contribution in [1.82, 2.24) is 5.32 Å². The molecule has 2 atom stereocenters. The molecule has 1 rings (SSSR count). The van der Waals surface area contributed by atoms with E-state index in [2.05, 4.69) is 12.2 Å². The number of carbonyl (C=O) groups is 1. The summed E-state index contributed by atoms with van der Waals surface area (Å²) in [6.45, 7) is 6.91.